The Hall–Kier alpha value is -1.55. The second-order valence-electron chi connectivity index (χ2n) is 3.95. The van der Waals surface area contributed by atoms with Crippen molar-refractivity contribution in [3.05, 3.63) is 34.9 Å². The number of pyridine rings is 1. The Bertz CT molecular complexity index is 513. The largest absolute Gasteiger partial charge is 0.300 e. The average molecular weight is 230 g/mol. The summed E-state index contributed by atoms with van der Waals surface area (Å²) in [5.41, 5.74) is 2.07. The number of hydrogen-bond acceptors (Lipinski definition) is 4. The molecule has 1 aliphatic rings. The van der Waals surface area contributed by atoms with E-state index in [1.165, 1.54) is 0 Å². The Morgan fingerprint density at radius 1 is 1.25 bits per heavy atom. The smallest absolute Gasteiger partial charge is 0.134 e. The number of carbonyl (C=O) groups is 1. The molecule has 1 aliphatic carbocycles. The molecule has 3 rings (SSSR count). The zero-order chi connectivity index (χ0) is 11.0. The number of thiazole rings is 1. The van der Waals surface area contributed by atoms with Crippen LogP contribution < -0.4 is 0 Å². The van der Waals surface area contributed by atoms with E-state index in [2.05, 4.69) is 9.97 Å². The molecule has 0 radical (unpaired) electrons. The molecule has 0 bridgehead atoms. The zero-order valence-corrected chi connectivity index (χ0v) is 9.41. The first-order valence-electron chi connectivity index (χ1n) is 5.20. The Balaban J connectivity index is 1.86. The van der Waals surface area contributed by atoms with Crippen LogP contribution in [-0.2, 0) is 4.79 Å². The van der Waals surface area contributed by atoms with Crippen LogP contribution in [0.4, 0.5) is 0 Å². The minimum absolute atomic E-state index is 0.352. The van der Waals surface area contributed by atoms with Gasteiger partial charge in [-0.25, -0.2) is 4.98 Å². The summed E-state index contributed by atoms with van der Waals surface area (Å²) in [5.74, 6) is 0.721. The third-order valence-corrected chi connectivity index (χ3v) is 3.80. The van der Waals surface area contributed by atoms with E-state index < -0.39 is 0 Å². The van der Waals surface area contributed by atoms with Crippen molar-refractivity contribution in [2.45, 2.75) is 18.8 Å². The number of rotatable bonds is 2. The molecule has 0 aromatic carbocycles. The Morgan fingerprint density at radius 2 is 2.00 bits per heavy atom. The third-order valence-electron chi connectivity index (χ3n) is 2.80. The average Bonchev–Trinajstić information content (AvgIpc) is 2.75. The monoisotopic (exact) mass is 230 g/mol. The van der Waals surface area contributed by atoms with Gasteiger partial charge in [-0.15, -0.1) is 11.3 Å². The maximum absolute atomic E-state index is 10.9. The molecule has 80 valence electrons. The summed E-state index contributed by atoms with van der Waals surface area (Å²) < 4.78 is 0. The van der Waals surface area contributed by atoms with Gasteiger partial charge in [0.05, 0.1) is 10.7 Å². The lowest BCUT2D eigenvalue weighted by atomic mass is 9.85. The van der Waals surface area contributed by atoms with Gasteiger partial charge in [0.25, 0.3) is 0 Å². The molecule has 0 amide bonds. The van der Waals surface area contributed by atoms with Gasteiger partial charge in [0.1, 0.15) is 5.78 Å². The van der Waals surface area contributed by atoms with Crippen LogP contribution in [0, 0.1) is 0 Å². The summed E-state index contributed by atoms with van der Waals surface area (Å²) >= 11 is 1.65. The molecule has 0 atom stereocenters. The lowest BCUT2D eigenvalue weighted by molar-refractivity contribution is -0.124. The van der Waals surface area contributed by atoms with Crippen LogP contribution in [-0.4, -0.2) is 15.8 Å². The molecule has 3 nitrogen and oxygen atoms in total. The molecule has 0 spiro atoms. The van der Waals surface area contributed by atoms with Crippen LogP contribution in [0.25, 0.3) is 11.3 Å². The number of ketones is 1. The van der Waals surface area contributed by atoms with Crippen LogP contribution in [0.3, 0.4) is 0 Å². The van der Waals surface area contributed by atoms with Crippen LogP contribution >= 0.6 is 11.3 Å². The predicted molar refractivity (Wildman–Crippen MR) is 62.3 cm³/mol. The van der Waals surface area contributed by atoms with E-state index in [1.54, 1.807) is 23.7 Å². The molecular weight excluding hydrogens is 220 g/mol. The topological polar surface area (TPSA) is 42.9 Å². The SMILES string of the molecule is O=C1CC(c2nc(-c3ccncc3)cs2)C1. The first-order valence-corrected chi connectivity index (χ1v) is 6.08. The molecule has 2 aromatic rings. The summed E-state index contributed by atoms with van der Waals surface area (Å²) in [6.07, 6.45) is 4.87. The zero-order valence-electron chi connectivity index (χ0n) is 8.59. The van der Waals surface area contributed by atoms with E-state index in [0.29, 0.717) is 24.5 Å². The van der Waals surface area contributed by atoms with E-state index in [0.717, 1.165) is 16.3 Å². The summed E-state index contributed by atoms with van der Waals surface area (Å²) in [4.78, 5) is 19.5. The normalized spacial score (nSPS) is 16.1. The Kier molecular flexibility index (Phi) is 2.29. The molecule has 0 unspecified atom stereocenters. The maximum Gasteiger partial charge on any atom is 0.134 e. The van der Waals surface area contributed by atoms with E-state index in [1.807, 2.05) is 17.5 Å². The number of carbonyl (C=O) groups excluding carboxylic acids is 1. The molecule has 1 saturated carbocycles. The second kappa shape index (κ2) is 3.79. The van der Waals surface area contributed by atoms with Crippen molar-refractivity contribution in [2.75, 3.05) is 0 Å². The fourth-order valence-corrected chi connectivity index (χ4v) is 2.73. The summed E-state index contributed by atoms with van der Waals surface area (Å²) in [6.45, 7) is 0. The van der Waals surface area contributed by atoms with Crippen LogP contribution in [0.1, 0.15) is 23.8 Å². The van der Waals surface area contributed by atoms with E-state index in [4.69, 9.17) is 0 Å². The maximum atomic E-state index is 10.9. The number of Topliss-reactive ketones (excluding diaryl/α,β-unsaturated/α-hetero) is 1. The third kappa shape index (κ3) is 1.65. The molecule has 16 heavy (non-hydrogen) atoms. The highest BCUT2D eigenvalue weighted by molar-refractivity contribution is 7.10. The minimum atomic E-state index is 0.352. The Morgan fingerprint density at radius 3 is 2.69 bits per heavy atom. The fraction of sp³-hybridized carbons (Fsp3) is 0.250. The van der Waals surface area contributed by atoms with Gasteiger partial charge in [-0.05, 0) is 12.1 Å². The molecule has 2 heterocycles. The van der Waals surface area contributed by atoms with Crippen molar-refractivity contribution < 1.29 is 4.79 Å². The van der Waals surface area contributed by atoms with Gasteiger partial charge in [-0.1, -0.05) is 0 Å². The van der Waals surface area contributed by atoms with Crippen molar-refractivity contribution in [3.63, 3.8) is 0 Å². The van der Waals surface area contributed by atoms with Gasteiger partial charge in [0.15, 0.2) is 0 Å². The molecule has 0 saturated heterocycles. The predicted octanol–water partition coefficient (Wildman–Crippen LogP) is 2.65. The summed E-state index contributed by atoms with van der Waals surface area (Å²) in [7, 11) is 0. The first-order chi connectivity index (χ1) is 7.83. The quantitative estimate of drug-likeness (QED) is 0.796. The van der Waals surface area contributed by atoms with Crippen LogP contribution in [0.2, 0.25) is 0 Å². The van der Waals surface area contributed by atoms with Crippen molar-refractivity contribution in [2.24, 2.45) is 0 Å². The molecule has 2 aromatic heterocycles. The fourth-order valence-electron chi connectivity index (χ4n) is 1.79. The molecule has 0 N–H and O–H groups in total. The number of nitrogens with zero attached hydrogens (tertiary/aromatic N) is 2. The molecular formula is C12H10N2OS. The molecule has 0 aliphatic heterocycles. The number of aromatic nitrogens is 2. The lowest BCUT2D eigenvalue weighted by Crippen LogP contribution is -2.20. The first kappa shape index (κ1) is 9.66. The van der Waals surface area contributed by atoms with E-state index in [9.17, 15) is 4.79 Å². The second-order valence-corrected chi connectivity index (χ2v) is 4.84. The van der Waals surface area contributed by atoms with Gasteiger partial charge in [-0.2, -0.15) is 0 Å². The molecule has 1 fully saturated rings. The van der Waals surface area contributed by atoms with Gasteiger partial charge in [0, 0.05) is 42.1 Å². The van der Waals surface area contributed by atoms with Crippen LogP contribution in [0.5, 0.6) is 0 Å². The standard InChI is InChI=1S/C12H10N2OS/c15-10-5-9(6-10)12-14-11(7-16-12)8-1-3-13-4-2-8/h1-4,7,9H,5-6H2. The van der Waals surface area contributed by atoms with Gasteiger partial charge < -0.3 is 0 Å². The van der Waals surface area contributed by atoms with Crippen LogP contribution in [0.15, 0.2) is 29.9 Å². The highest BCUT2D eigenvalue weighted by Gasteiger charge is 2.30. The highest BCUT2D eigenvalue weighted by Crippen LogP contribution is 2.36. The van der Waals surface area contributed by atoms with Crippen molar-refractivity contribution in [3.8, 4) is 11.3 Å². The summed E-state index contributed by atoms with van der Waals surface area (Å²) in [5, 5.41) is 3.14. The van der Waals surface area contributed by atoms with Gasteiger partial charge in [0.2, 0.25) is 0 Å². The summed E-state index contributed by atoms with van der Waals surface area (Å²) in [6, 6.07) is 3.90. The van der Waals surface area contributed by atoms with Crippen molar-refractivity contribution in [1.82, 2.24) is 9.97 Å². The molecule has 4 heteroatoms. The van der Waals surface area contributed by atoms with Crippen molar-refractivity contribution >= 4 is 17.1 Å². The van der Waals surface area contributed by atoms with E-state index >= 15 is 0 Å². The van der Waals surface area contributed by atoms with Gasteiger partial charge in [-0.3, -0.25) is 9.78 Å². The van der Waals surface area contributed by atoms with E-state index in [-0.39, 0.29) is 0 Å². The van der Waals surface area contributed by atoms with Crippen molar-refractivity contribution in [1.29, 1.82) is 0 Å². The van der Waals surface area contributed by atoms with Gasteiger partial charge >= 0.3 is 0 Å². The number of hydrogen-bond donors (Lipinski definition) is 0. The highest BCUT2D eigenvalue weighted by atomic mass is 32.1. The Labute approximate surface area is 97.2 Å². The minimum Gasteiger partial charge on any atom is -0.300 e. The lowest BCUT2D eigenvalue weighted by Gasteiger charge is -2.21.